The van der Waals surface area contributed by atoms with E-state index < -0.39 is 10.0 Å². The summed E-state index contributed by atoms with van der Waals surface area (Å²) in [4.78, 5) is 27.3. The fraction of sp³-hybridized carbons (Fsp3) is 0.433. The molecular formula is C30H38BrN7O3S. The Morgan fingerprint density at radius 2 is 2.00 bits per heavy atom. The molecule has 42 heavy (non-hydrogen) atoms. The molecule has 0 bridgehead atoms. The molecule has 2 N–H and O–H groups in total. The maximum Gasteiger partial charge on any atom is 0.213 e. The largest absolute Gasteiger partial charge is 0.378 e. The molecule has 0 spiro atoms. The molecule has 1 aromatic carbocycles. The van der Waals surface area contributed by atoms with Gasteiger partial charge < -0.3 is 19.8 Å². The molecule has 1 aliphatic rings. The number of hydrogen-bond donors (Lipinski definition) is 2. The third-order valence-electron chi connectivity index (χ3n) is 7.96. The normalized spacial score (nSPS) is 16.1. The average Bonchev–Trinajstić information content (AvgIpc) is 3.64. The van der Waals surface area contributed by atoms with E-state index in [1.165, 1.54) is 0 Å². The topological polar surface area (TPSA) is 116 Å². The summed E-state index contributed by atoms with van der Waals surface area (Å²) in [6.07, 6.45) is 2.84. The van der Waals surface area contributed by atoms with Gasteiger partial charge in [-0.25, -0.2) is 18.4 Å². The first-order chi connectivity index (χ1) is 19.9. The number of carbonyl (C=O) groups excluding carboxylic acids is 1. The zero-order chi connectivity index (χ0) is 30.3. The van der Waals surface area contributed by atoms with Gasteiger partial charge in [0.15, 0.2) is 11.4 Å². The molecule has 10 nitrogen and oxygen atoms in total. The number of aromatic amines is 1. The van der Waals surface area contributed by atoms with Crippen LogP contribution in [0.1, 0.15) is 35.9 Å². The number of carbonyl (C=O) groups is 1. The zero-order valence-corrected chi connectivity index (χ0v) is 27.4. The summed E-state index contributed by atoms with van der Waals surface area (Å²) < 4.78 is 29.3. The molecule has 0 amide bonds. The molecule has 5 rings (SSSR count). The van der Waals surface area contributed by atoms with Crippen LogP contribution in [0, 0.1) is 20.8 Å². The number of benzene rings is 1. The predicted molar refractivity (Wildman–Crippen MR) is 171 cm³/mol. The van der Waals surface area contributed by atoms with E-state index in [0.29, 0.717) is 37.5 Å². The lowest BCUT2D eigenvalue weighted by Gasteiger charge is -2.17. The summed E-state index contributed by atoms with van der Waals surface area (Å²) in [5.41, 5.74) is 8.34. The van der Waals surface area contributed by atoms with Crippen LogP contribution in [-0.2, 0) is 21.2 Å². The number of hydrogen-bond acceptors (Lipinski definition) is 7. The summed E-state index contributed by atoms with van der Waals surface area (Å²) in [5, 5.41) is 3.54. The molecule has 4 aromatic rings. The molecule has 0 radical (unpaired) electrons. The SMILES string of the molecule is CCS(=O)(=O)N1CC[C@H](Nc2c(Br)cnc3nc(-c4cc(C)n(-c5cccc(CC(=O)CN(C)C)c5C)c4C)[nH]c23)C1. The highest BCUT2D eigenvalue weighted by molar-refractivity contribution is 9.10. The van der Waals surface area contributed by atoms with Crippen LogP contribution in [0.15, 0.2) is 34.9 Å². The monoisotopic (exact) mass is 655 g/mol. The second-order valence-corrected chi connectivity index (χ2v) is 14.4. The summed E-state index contributed by atoms with van der Waals surface area (Å²) >= 11 is 3.63. The number of sulfonamides is 1. The van der Waals surface area contributed by atoms with Gasteiger partial charge in [-0.15, -0.1) is 0 Å². The number of halogens is 1. The Kier molecular flexibility index (Phi) is 8.62. The molecule has 1 atom stereocenters. The smallest absolute Gasteiger partial charge is 0.213 e. The minimum Gasteiger partial charge on any atom is -0.378 e. The average molecular weight is 657 g/mol. The van der Waals surface area contributed by atoms with E-state index in [4.69, 9.17) is 4.98 Å². The molecule has 12 heteroatoms. The molecule has 224 valence electrons. The maximum absolute atomic E-state index is 12.6. The Morgan fingerprint density at radius 1 is 1.24 bits per heavy atom. The third kappa shape index (κ3) is 5.90. The van der Waals surface area contributed by atoms with Crippen molar-refractivity contribution in [1.29, 1.82) is 0 Å². The first kappa shape index (κ1) is 30.4. The second kappa shape index (κ2) is 11.9. The first-order valence-corrected chi connectivity index (χ1v) is 16.5. The lowest BCUT2D eigenvalue weighted by atomic mass is 10.0. The van der Waals surface area contributed by atoms with E-state index in [9.17, 15) is 13.2 Å². The predicted octanol–water partition coefficient (Wildman–Crippen LogP) is 4.61. The van der Waals surface area contributed by atoms with Crippen LogP contribution in [0.3, 0.4) is 0 Å². The van der Waals surface area contributed by atoms with Gasteiger partial charge >= 0.3 is 0 Å². The highest BCUT2D eigenvalue weighted by Gasteiger charge is 2.31. The number of likely N-dealkylation sites (N-methyl/N-ethyl adjacent to an activating group) is 1. The van der Waals surface area contributed by atoms with Crippen molar-refractivity contribution in [2.45, 2.75) is 46.6 Å². The van der Waals surface area contributed by atoms with Gasteiger partial charge in [-0.2, -0.15) is 4.31 Å². The summed E-state index contributed by atoms with van der Waals surface area (Å²) in [5.74, 6) is 0.989. The van der Waals surface area contributed by atoms with Crippen LogP contribution in [0.25, 0.3) is 28.2 Å². The Labute approximate surface area is 255 Å². The number of aryl methyl sites for hydroxylation is 1. The lowest BCUT2D eigenvalue weighted by molar-refractivity contribution is -0.119. The van der Waals surface area contributed by atoms with E-state index in [1.807, 2.05) is 31.1 Å². The highest BCUT2D eigenvalue weighted by atomic mass is 79.9. The molecule has 0 saturated carbocycles. The third-order valence-corrected chi connectivity index (χ3v) is 10.4. The van der Waals surface area contributed by atoms with Crippen LogP contribution in [0.2, 0.25) is 0 Å². The van der Waals surface area contributed by atoms with Crippen molar-refractivity contribution in [3.63, 3.8) is 0 Å². The second-order valence-electron chi connectivity index (χ2n) is 11.3. The van der Waals surface area contributed by atoms with Gasteiger partial charge in [0.2, 0.25) is 10.0 Å². The Bertz CT molecular complexity index is 1760. The van der Waals surface area contributed by atoms with Crippen LogP contribution in [0.4, 0.5) is 5.69 Å². The number of nitrogens with zero attached hydrogens (tertiary/aromatic N) is 5. The Hall–Kier alpha value is -3.06. The Morgan fingerprint density at radius 3 is 2.71 bits per heavy atom. The van der Waals surface area contributed by atoms with E-state index in [0.717, 1.165) is 55.9 Å². The van der Waals surface area contributed by atoms with Crippen molar-refractivity contribution in [1.82, 2.24) is 28.7 Å². The molecule has 3 aromatic heterocycles. The standard InChI is InChI=1S/C30H38BrN7O3S/c1-7-42(40,41)37-12-11-22(16-37)33-27-25(31)15-32-30-28(27)34-29(35-30)24-13-18(2)38(20(24)4)26-10-8-9-21(19(26)3)14-23(39)17-36(5)6/h8-10,13,15,22H,7,11-12,14,16-17H2,1-6H3,(H2,32,33,34,35)/t22-/m0/s1. The number of H-pyrrole nitrogens is 1. The number of aromatic nitrogens is 4. The number of pyridine rings is 1. The van der Waals surface area contributed by atoms with Crippen molar-refractivity contribution in [2.24, 2.45) is 0 Å². The lowest BCUT2D eigenvalue weighted by Crippen LogP contribution is -2.32. The van der Waals surface area contributed by atoms with Gasteiger partial charge in [-0.1, -0.05) is 12.1 Å². The van der Waals surface area contributed by atoms with Gasteiger partial charge in [0.05, 0.1) is 22.5 Å². The fourth-order valence-corrected chi connectivity index (χ4v) is 7.36. The summed E-state index contributed by atoms with van der Waals surface area (Å²) in [6.45, 7) is 9.23. The first-order valence-electron chi connectivity index (χ1n) is 14.1. The van der Waals surface area contributed by atoms with Crippen LogP contribution >= 0.6 is 15.9 Å². The molecule has 1 fully saturated rings. The van der Waals surface area contributed by atoms with Crippen molar-refractivity contribution in [3.05, 3.63) is 57.4 Å². The van der Waals surface area contributed by atoms with Gasteiger partial charge in [-0.05, 0) is 87.4 Å². The van der Waals surface area contributed by atoms with Gasteiger partial charge in [0.1, 0.15) is 11.3 Å². The molecular weight excluding hydrogens is 618 g/mol. The van der Waals surface area contributed by atoms with Gasteiger partial charge in [-0.3, -0.25) is 4.79 Å². The van der Waals surface area contributed by atoms with Crippen LogP contribution in [0.5, 0.6) is 0 Å². The van der Waals surface area contributed by atoms with Crippen LogP contribution < -0.4 is 5.32 Å². The number of anilines is 1. The van der Waals surface area contributed by atoms with Crippen LogP contribution in [-0.4, -0.2) is 88.4 Å². The van der Waals surface area contributed by atoms with Gasteiger partial charge in [0, 0.05) is 54.4 Å². The molecule has 1 saturated heterocycles. The molecule has 4 heterocycles. The van der Waals surface area contributed by atoms with Crippen molar-refractivity contribution in [3.8, 4) is 17.1 Å². The number of ketones is 1. The van der Waals surface area contributed by atoms with E-state index in [1.54, 1.807) is 17.4 Å². The minimum atomic E-state index is -3.23. The summed E-state index contributed by atoms with van der Waals surface area (Å²) in [6, 6.07) is 8.21. The fourth-order valence-electron chi connectivity index (χ4n) is 5.79. The quantitative estimate of drug-likeness (QED) is 0.256. The van der Waals surface area contributed by atoms with E-state index in [-0.39, 0.29) is 17.6 Å². The number of fused-ring (bicyclic) bond motifs is 1. The molecule has 0 aliphatic carbocycles. The van der Waals surface area contributed by atoms with E-state index in [2.05, 4.69) is 68.7 Å². The van der Waals surface area contributed by atoms with Crippen molar-refractivity contribution < 1.29 is 13.2 Å². The number of imidazole rings is 1. The number of nitrogens with one attached hydrogen (secondary N) is 2. The van der Waals surface area contributed by atoms with Crippen molar-refractivity contribution in [2.75, 3.05) is 44.8 Å². The Balaban J connectivity index is 1.47. The van der Waals surface area contributed by atoms with Gasteiger partial charge in [0.25, 0.3) is 0 Å². The van der Waals surface area contributed by atoms with E-state index >= 15 is 0 Å². The number of Topliss-reactive ketones (excluding diaryl/α,β-unsaturated/α-hetero) is 1. The summed E-state index contributed by atoms with van der Waals surface area (Å²) in [7, 11) is 0.585. The number of rotatable bonds is 10. The van der Waals surface area contributed by atoms with Crippen molar-refractivity contribution >= 4 is 48.6 Å². The molecule has 1 aliphatic heterocycles. The maximum atomic E-state index is 12.6. The highest BCUT2D eigenvalue weighted by Crippen LogP contribution is 2.35. The minimum absolute atomic E-state index is 0.0232. The zero-order valence-electron chi connectivity index (χ0n) is 25.0. The molecule has 0 unspecified atom stereocenters.